The second kappa shape index (κ2) is 9.09. The third-order valence-electron chi connectivity index (χ3n) is 3.13. The van der Waals surface area contributed by atoms with Crippen LogP contribution in [0.3, 0.4) is 0 Å². The molecule has 2 rings (SSSR count). The summed E-state index contributed by atoms with van der Waals surface area (Å²) in [6, 6.07) is 4.96. The molecule has 0 saturated heterocycles. The van der Waals surface area contributed by atoms with Crippen LogP contribution in [0.5, 0.6) is 6.01 Å². The van der Waals surface area contributed by atoms with Crippen molar-refractivity contribution in [2.45, 2.75) is 6.92 Å². The first-order valence-electron chi connectivity index (χ1n) is 7.73. The smallest absolute Gasteiger partial charge is 0.343 e. The molecule has 0 saturated carbocycles. The van der Waals surface area contributed by atoms with Gasteiger partial charge in [0, 0.05) is 12.7 Å². The number of carbonyl (C=O) groups is 1. The number of urea groups is 1. The molecule has 0 radical (unpaired) electrons. The molecule has 28 heavy (non-hydrogen) atoms. The van der Waals surface area contributed by atoms with E-state index in [9.17, 15) is 13.2 Å². The predicted molar refractivity (Wildman–Crippen MR) is 101 cm³/mol. The molecule has 3 N–H and O–H groups in total. The molecule has 0 unspecified atom stereocenters. The maximum absolute atomic E-state index is 12.7. The molecule has 12 heteroatoms. The van der Waals surface area contributed by atoms with Crippen LogP contribution in [0.4, 0.5) is 16.4 Å². The highest BCUT2D eigenvalue weighted by atomic mass is 32.2. The van der Waals surface area contributed by atoms with Gasteiger partial charge in [0.15, 0.2) is 0 Å². The number of hydrogen-bond donors (Lipinski definition) is 2. The number of rotatable bonds is 5. The number of aromatic nitrogens is 3. The zero-order chi connectivity index (χ0) is 20.7. The maximum atomic E-state index is 12.7. The van der Waals surface area contributed by atoms with E-state index in [0.29, 0.717) is 4.31 Å². The summed E-state index contributed by atoms with van der Waals surface area (Å²) in [4.78, 5) is 24.4. The summed E-state index contributed by atoms with van der Waals surface area (Å²) in [5, 5.41) is 7.53. The third kappa shape index (κ3) is 5.36. The zero-order valence-electron chi connectivity index (χ0n) is 15.3. The van der Waals surface area contributed by atoms with Crippen molar-refractivity contribution in [3.8, 4) is 17.9 Å². The van der Waals surface area contributed by atoms with Crippen molar-refractivity contribution in [2.75, 3.05) is 30.4 Å². The minimum Gasteiger partial charge on any atom is -0.467 e. The minimum absolute atomic E-state index is 0.0381. The molecule has 0 fully saturated rings. The molecule has 0 atom stereocenters. The van der Waals surface area contributed by atoms with Gasteiger partial charge in [-0.25, -0.2) is 9.93 Å². The number of hydrogen-bond acceptors (Lipinski definition) is 8. The van der Waals surface area contributed by atoms with Gasteiger partial charge in [0.25, 0.3) is 0 Å². The van der Waals surface area contributed by atoms with E-state index in [2.05, 4.69) is 32.1 Å². The van der Waals surface area contributed by atoms with E-state index in [1.807, 2.05) is 0 Å². The number of benzene rings is 1. The fourth-order valence-corrected chi connectivity index (χ4v) is 2.78. The Labute approximate surface area is 162 Å². The first-order chi connectivity index (χ1) is 13.3. The standard InChI is InChI=1S/C16H18N6O5S/c1-11-18-14(20-15(19-11)27-3)21-16(23)22(28(17,24)25)13-9-5-4-7-12(13)8-6-10-26-2/h4-5,7,9H,10H2,1-3H3,(H2,17,24,25)(H,18,19,20,21,23). The van der Waals surface area contributed by atoms with Gasteiger partial charge in [-0.1, -0.05) is 24.0 Å². The lowest BCUT2D eigenvalue weighted by Crippen LogP contribution is -2.44. The second-order valence-corrected chi connectivity index (χ2v) is 6.58. The van der Waals surface area contributed by atoms with Crippen molar-refractivity contribution >= 4 is 27.9 Å². The van der Waals surface area contributed by atoms with Gasteiger partial charge in [-0.3, -0.25) is 5.32 Å². The normalized spacial score (nSPS) is 10.6. The molecule has 0 aliphatic heterocycles. The van der Waals surface area contributed by atoms with Crippen molar-refractivity contribution in [2.24, 2.45) is 5.14 Å². The number of methoxy groups -OCH3 is 2. The van der Waals surface area contributed by atoms with Gasteiger partial charge in [-0.2, -0.15) is 27.7 Å². The summed E-state index contributed by atoms with van der Waals surface area (Å²) in [7, 11) is -1.69. The SMILES string of the molecule is COCC#Cc1ccccc1N(C(=O)Nc1nc(C)nc(OC)n1)S(N)(=O)=O. The topological polar surface area (TPSA) is 150 Å². The molecule has 2 amide bonds. The summed E-state index contributed by atoms with van der Waals surface area (Å²) in [6.07, 6.45) is 0. The average molecular weight is 406 g/mol. The van der Waals surface area contributed by atoms with Crippen molar-refractivity contribution in [1.29, 1.82) is 0 Å². The molecular formula is C16H18N6O5S. The first kappa shape index (κ1) is 21.0. The summed E-state index contributed by atoms with van der Waals surface area (Å²) < 4.78 is 34.4. The molecule has 2 aromatic rings. The summed E-state index contributed by atoms with van der Waals surface area (Å²) in [5.74, 6) is 5.49. The average Bonchev–Trinajstić information content (AvgIpc) is 2.61. The van der Waals surface area contributed by atoms with Gasteiger partial charge >= 0.3 is 22.3 Å². The molecule has 11 nitrogen and oxygen atoms in total. The van der Waals surface area contributed by atoms with Crippen LogP contribution < -0.4 is 19.5 Å². The van der Waals surface area contributed by atoms with Crippen molar-refractivity contribution in [3.63, 3.8) is 0 Å². The number of nitrogens with zero attached hydrogens (tertiary/aromatic N) is 4. The van der Waals surface area contributed by atoms with Gasteiger partial charge in [0.2, 0.25) is 5.95 Å². The quantitative estimate of drug-likeness (QED) is 0.679. The van der Waals surface area contributed by atoms with Crippen LogP contribution >= 0.6 is 0 Å². The van der Waals surface area contributed by atoms with E-state index in [4.69, 9.17) is 14.6 Å². The van der Waals surface area contributed by atoms with E-state index in [1.165, 1.54) is 20.3 Å². The summed E-state index contributed by atoms with van der Waals surface area (Å²) in [6.45, 7) is 1.68. The van der Waals surface area contributed by atoms with E-state index in [1.54, 1.807) is 25.1 Å². The number of anilines is 2. The molecular weight excluding hydrogens is 388 g/mol. The lowest BCUT2D eigenvalue weighted by atomic mass is 10.2. The molecule has 0 aliphatic carbocycles. The molecule has 1 aromatic carbocycles. The van der Waals surface area contributed by atoms with Gasteiger partial charge in [-0.15, -0.1) is 0 Å². The number of aryl methyl sites for hydroxylation is 1. The highest BCUT2D eigenvalue weighted by Crippen LogP contribution is 2.22. The Morgan fingerprint density at radius 3 is 2.61 bits per heavy atom. The molecule has 0 aliphatic rings. The highest BCUT2D eigenvalue weighted by molar-refractivity contribution is 7.91. The Balaban J connectivity index is 2.45. The molecule has 0 spiro atoms. The minimum atomic E-state index is -4.50. The maximum Gasteiger partial charge on any atom is 0.343 e. The Bertz CT molecular complexity index is 1030. The highest BCUT2D eigenvalue weighted by Gasteiger charge is 2.29. The van der Waals surface area contributed by atoms with Crippen molar-refractivity contribution in [1.82, 2.24) is 15.0 Å². The number of nitrogens with two attached hydrogens (primary N) is 1. The van der Waals surface area contributed by atoms with Crippen LogP contribution in [0.2, 0.25) is 0 Å². The molecule has 1 heterocycles. The Morgan fingerprint density at radius 2 is 1.96 bits per heavy atom. The van der Waals surface area contributed by atoms with Gasteiger partial charge in [0.1, 0.15) is 12.4 Å². The largest absolute Gasteiger partial charge is 0.467 e. The Hall–Kier alpha value is -3.27. The molecule has 0 bridgehead atoms. The van der Waals surface area contributed by atoms with E-state index in [0.717, 1.165) is 0 Å². The zero-order valence-corrected chi connectivity index (χ0v) is 16.1. The fraction of sp³-hybridized carbons (Fsp3) is 0.250. The first-order valence-corrected chi connectivity index (χ1v) is 9.24. The summed E-state index contributed by atoms with van der Waals surface area (Å²) >= 11 is 0. The lowest BCUT2D eigenvalue weighted by molar-refractivity contribution is 0.240. The fourth-order valence-electron chi connectivity index (χ4n) is 2.07. The van der Waals surface area contributed by atoms with Crippen LogP contribution in [0.1, 0.15) is 11.4 Å². The van der Waals surface area contributed by atoms with Crippen molar-refractivity contribution in [3.05, 3.63) is 35.7 Å². The molecule has 1 aromatic heterocycles. The van der Waals surface area contributed by atoms with Gasteiger partial charge in [-0.05, 0) is 19.1 Å². The molecule has 148 valence electrons. The number of nitrogens with one attached hydrogen (secondary N) is 1. The Kier molecular flexibility index (Phi) is 6.83. The number of para-hydroxylation sites is 1. The van der Waals surface area contributed by atoms with Crippen LogP contribution in [0, 0.1) is 18.8 Å². The number of amides is 2. The van der Waals surface area contributed by atoms with E-state index >= 15 is 0 Å². The lowest BCUT2D eigenvalue weighted by Gasteiger charge is -2.21. The van der Waals surface area contributed by atoms with Gasteiger partial charge in [0.05, 0.1) is 12.8 Å². The van der Waals surface area contributed by atoms with Crippen LogP contribution in [-0.2, 0) is 14.9 Å². The van der Waals surface area contributed by atoms with Crippen LogP contribution in [-0.4, -0.2) is 50.2 Å². The summed E-state index contributed by atoms with van der Waals surface area (Å²) in [5.41, 5.74) is 0.219. The second-order valence-electron chi connectivity index (χ2n) is 5.18. The number of ether oxygens (including phenoxy) is 2. The predicted octanol–water partition coefficient (Wildman–Crippen LogP) is 0.429. The van der Waals surface area contributed by atoms with Crippen molar-refractivity contribution < 1.29 is 22.7 Å². The van der Waals surface area contributed by atoms with E-state index < -0.39 is 16.2 Å². The third-order valence-corrected chi connectivity index (χ3v) is 4.00. The van der Waals surface area contributed by atoms with E-state index in [-0.39, 0.29) is 35.6 Å². The Morgan fingerprint density at radius 1 is 1.25 bits per heavy atom. The van der Waals surface area contributed by atoms with Crippen LogP contribution in [0.15, 0.2) is 24.3 Å². The number of carbonyl (C=O) groups excluding carboxylic acids is 1. The van der Waals surface area contributed by atoms with Crippen LogP contribution in [0.25, 0.3) is 0 Å². The van der Waals surface area contributed by atoms with Gasteiger partial charge < -0.3 is 9.47 Å². The monoisotopic (exact) mass is 406 g/mol.